The quantitative estimate of drug-likeness (QED) is 0.0537. The van der Waals surface area contributed by atoms with Crippen LogP contribution in [0, 0.1) is 18.3 Å². The number of aryl methyl sites for hydroxylation is 1. The van der Waals surface area contributed by atoms with Gasteiger partial charge in [-0.25, -0.2) is 19.4 Å². The van der Waals surface area contributed by atoms with Gasteiger partial charge in [-0.05, 0) is 75.6 Å². The molecule has 2 fully saturated rings. The van der Waals surface area contributed by atoms with Crippen molar-refractivity contribution in [3.05, 3.63) is 146 Å². The molecule has 17 heteroatoms. The number of aromatic amines is 1. The fourth-order valence-corrected chi connectivity index (χ4v) is 10.3. The highest BCUT2D eigenvalue weighted by Crippen LogP contribution is 2.57. The molecule has 2 bridgehead atoms. The number of H-pyrrole nitrogens is 1. The smallest absolute Gasteiger partial charge is 0.330 e. The number of ether oxygens (including phenoxy) is 4. The van der Waals surface area contributed by atoms with Crippen LogP contribution < -0.4 is 25.6 Å². The zero-order valence-electron chi connectivity index (χ0n) is 35.7. The summed E-state index contributed by atoms with van der Waals surface area (Å²) in [6.45, 7) is 10.0. The molecule has 1 N–H and O–H groups in total. The van der Waals surface area contributed by atoms with Gasteiger partial charge in [-0.15, -0.1) is 0 Å². The first-order chi connectivity index (χ1) is 29.8. The molecule has 3 aromatic carbocycles. The minimum Gasteiger partial charge on any atom is -0.497 e. The van der Waals surface area contributed by atoms with Gasteiger partial charge in [0.2, 0.25) is 5.95 Å². The number of hydrogen-bond acceptors (Lipinski definition) is 13. The number of methoxy groups -OCH3 is 2. The fraction of sp³-hybridized carbons (Fsp3) is 0.400. The summed E-state index contributed by atoms with van der Waals surface area (Å²) in [5.74, 6) is 1.65. The van der Waals surface area contributed by atoms with Crippen LogP contribution in [0.3, 0.4) is 0 Å². The van der Waals surface area contributed by atoms with Crippen LogP contribution >= 0.6 is 20.1 Å². The molecule has 2 saturated heterocycles. The van der Waals surface area contributed by atoms with Gasteiger partial charge in [-0.2, -0.15) is 5.26 Å². The molecule has 4 heterocycles. The third-order valence-corrected chi connectivity index (χ3v) is 13.4. The molecule has 2 aromatic heterocycles. The Morgan fingerprint density at radius 3 is 2.08 bits per heavy atom. The summed E-state index contributed by atoms with van der Waals surface area (Å²) in [6, 6.07) is 26.7. The van der Waals surface area contributed by atoms with Crippen molar-refractivity contribution in [2.75, 3.05) is 38.9 Å². The Morgan fingerprint density at radius 2 is 1.53 bits per heavy atom. The lowest BCUT2D eigenvalue weighted by molar-refractivity contribution is -0.157. The summed E-state index contributed by atoms with van der Waals surface area (Å²) in [5, 5.41) is 9.88. The van der Waals surface area contributed by atoms with E-state index in [2.05, 4.69) is 53.4 Å². The Balaban J connectivity index is 1.45. The summed E-state index contributed by atoms with van der Waals surface area (Å²) >= 11 is 6.32. The molecule has 2 aliphatic heterocycles. The molecule has 1 unspecified atom stereocenters. The van der Waals surface area contributed by atoms with Crippen molar-refractivity contribution < 1.29 is 28.0 Å². The minimum absolute atomic E-state index is 0.0257. The van der Waals surface area contributed by atoms with E-state index in [-0.39, 0.29) is 38.3 Å². The van der Waals surface area contributed by atoms with Crippen LogP contribution in [-0.2, 0) is 24.1 Å². The van der Waals surface area contributed by atoms with E-state index in [0.717, 1.165) is 16.7 Å². The van der Waals surface area contributed by atoms with Gasteiger partial charge in [0, 0.05) is 23.8 Å². The monoisotopic (exact) mass is 883 g/mol. The molecule has 0 aliphatic carbocycles. The Labute approximate surface area is 367 Å². The van der Waals surface area contributed by atoms with Crippen LogP contribution in [0.25, 0.3) is 0 Å². The second-order valence-electron chi connectivity index (χ2n) is 15.7. The first kappa shape index (κ1) is 44.9. The van der Waals surface area contributed by atoms with Crippen molar-refractivity contribution in [3.8, 4) is 17.6 Å². The zero-order valence-corrected chi connectivity index (χ0v) is 37.4. The van der Waals surface area contributed by atoms with Crippen molar-refractivity contribution in [1.82, 2.24) is 24.2 Å². The van der Waals surface area contributed by atoms with E-state index in [4.69, 9.17) is 39.6 Å². The van der Waals surface area contributed by atoms with Gasteiger partial charge < -0.3 is 32.9 Å². The largest absolute Gasteiger partial charge is 0.497 e. The highest BCUT2D eigenvalue weighted by molar-refractivity contribution is 7.44. The van der Waals surface area contributed by atoms with E-state index in [1.165, 1.54) is 23.2 Å². The van der Waals surface area contributed by atoms with Crippen molar-refractivity contribution in [2.24, 2.45) is 0 Å². The molecule has 5 aromatic rings. The predicted molar refractivity (Wildman–Crippen MR) is 235 cm³/mol. The van der Waals surface area contributed by atoms with Gasteiger partial charge in [0.25, 0.3) is 14.1 Å². The van der Waals surface area contributed by atoms with Crippen molar-refractivity contribution in [1.29, 1.82) is 5.26 Å². The molecule has 0 spiro atoms. The first-order valence-corrected chi connectivity index (χ1v) is 21.8. The number of anilines is 1. The molecule has 2 aliphatic rings. The molecule has 0 saturated carbocycles. The van der Waals surface area contributed by atoms with Crippen molar-refractivity contribution in [3.63, 3.8) is 0 Å². The number of halogens is 1. The van der Waals surface area contributed by atoms with Crippen LogP contribution in [0.4, 0.5) is 5.95 Å². The van der Waals surface area contributed by atoms with Gasteiger partial charge in [0.05, 0.1) is 63.9 Å². The maximum absolute atomic E-state index is 13.8. The summed E-state index contributed by atoms with van der Waals surface area (Å²) < 4.78 is 43.2. The molecular formula is C45H51ClN7O8P. The number of fused-ring (bicyclic) bond motifs is 2. The molecular weight excluding hydrogens is 833 g/mol. The average molecular weight is 884 g/mol. The normalized spacial score (nSPS) is 20.2. The summed E-state index contributed by atoms with van der Waals surface area (Å²) in [7, 11) is 1.37. The third kappa shape index (κ3) is 8.74. The van der Waals surface area contributed by atoms with E-state index >= 15 is 0 Å². The SMILES string of the molecule is COc1ccc(C(OC[C@@]23CN(c4ncc(Cl)cn4)[C@@H]([C@H](n4cc(C)c(=O)[nH]c4=O)O2)[C@@H]3OP(OCCC#N)N(C(C)C)C(C)C)(c2ccccc2)c2ccc(OC)cc2)cc1. The summed E-state index contributed by atoms with van der Waals surface area (Å²) in [6.07, 6.45) is 2.73. The van der Waals surface area contributed by atoms with Crippen LogP contribution in [0.15, 0.2) is 107 Å². The zero-order chi connectivity index (χ0) is 44.2. The second-order valence-corrected chi connectivity index (χ2v) is 17.6. The van der Waals surface area contributed by atoms with Gasteiger partial charge >= 0.3 is 5.69 Å². The fourth-order valence-electron chi connectivity index (χ4n) is 8.35. The molecule has 0 radical (unpaired) electrons. The maximum Gasteiger partial charge on any atom is 0.330 e. The molecule has 5 atom stereocenters. The van der Waals surface area contributed by atoms with Gasteiger partial charge in [0.1, 0.15) is 34.8 Å². The lowest BCUT2D eigenvalue weighted by Gasteiger charge is -2.42. The second kappa shape index (κ2) is 19.1. The van der Waals surface area contributed by atoms with Gasteiger partial charge in [-0.1, -0.05) is 66.2 Å². The highest BCUT2D eigenvalue weighted by atomic mass is 35.5. The van der Waals surface area contributed by atoms with Crippen LogP contribution in [0.2, 0.25) is 5.02 Å². The molecule has 62 heavy (non-hydrogen) atoms. The minimum atomic E-state index is -1.87. The molecule has 7 rings (SSSR count). The number of nitrogens with one attached hydrogen (secondary N) is 1. The van der Waals surface area contributed by atoms with E-state index in [9.17, 15) is 14.9 Å². The number of aromatic nitrogens is 4. The Kier molecular flexibility index (Phi) is 13.8. The average Bonchev–Trinajstić information content (AvgIpc) is 3.74. The number of benzene rings is 3. The predicted octanol–water partition coefficient (Wildman–Crippen LogP) is 7.13. The summed E-state index contributed by atoms with van der Waals surface area (Å²) in [5.41, 5.74) is -1.07. The standard InChI is InChI=1S/C45H51ClN7O8P/c1-29(2)53(30(3)4)62(59-23-11-22-47)61-39-38-41(51-26-31(5)40(54)50-43(51)55)60-44(39,27-52(38)42-48-24-35(46)25-49-42)28-58-45(32-12-9-8-10-13-32,33-14-18-36(56-6)19-15-33)34-16-20-37(57-7)21-17-34/h8-10,12-21,24-26,29-30,38-39,41H,11,23,27-28H2,1-7H3,(H,50,54,55)/t38-,39+,41-,44-,62?/m1/s1. The topological polar surface area (TPSA) is 166 Å². The number of nitrogens with zero attached hydrogens (tertiary/aromatic N) is 6. The number of morpholine rings is 1. The Bertz CT molecular complexity index is 2390. The highest BCUT2D eigenvalue weighted by Gasteiger charge is 2.68. The Hall–Kier alpha value is -5.17. The molecule has 15 nitrogen and oxygen atoms in total. The van der Waals surface area contributed by atoms with E-state index in [1.54, 1.807) is 21.1 Å². The van der Waals surface area contributed by atoms with Crippen molar-refractivity contribution >= 4 is 26.1 Å². The maximum atomic E-state index is 13.8. The van der Waals surface area contributed by atoms with Crippen LogP contribution in [0.5, 0.6) is 11.5 Å². The molecule has 0 amide bonds. The van der Waals surface area contributed by atoms with E-state index in [1.807, 2.05) is 83.8 Å². The number of rotatable bonds is 18. The number of nitriles is 1. The van der Waals surface area contributed by atoms with E-state index in [0.29, 0.717) is 28.0 Å². The van der Waals surface area contributed by atoms with Crippen LogP contribution in [-0.4, -0.2) is 88.0 Å². The van der Waals surface area contributed by atoms with Gasteiger partial charge in [0.15, 0.2) is 6.23 Å². The Morgan fingerprint density at radius 1 is 0.952 bits per heavy atom. The van der Waals surface area contributed by atoms with E-state index < -0.39 is 49.4 Å². The number of hydrogen-bond donors (Lipinski definition) is 1. The van der Waals surface area contributed by atoms with Crippen molar-refractivity contribution in [2.45, 2.75) is 82.7 Å². The molecule has 326 valence electrons. The first-order valence-electron chi connectivity index (χ1n) is 20.3. The lowest BCUT2D eigenvalue weighted by Crippen LogP contribution is -2.52. The van der Waals surface area contributed by atoms with Crippen LogP contribution in [0.1, 0.15) is 62.6 Å². The van der Waals surface area contributed by atoms with Gasteiger partial charge in [-0.3, -0.25) is 14.3 Å². The third-order valence-electron chi connectivity index (χ3n) is 11.1. The lowest BCUT2D eigenvalue weighted by atomic mass is 9.79. The summed E-state index contributed by atoms with van der Waals surface area (Å²) in [4.78, 5) is 40.2.